The van der Waals surface area contributed by atoms with Crippen molar-refractivity contribution in [2.24, 2.45) is 5.92 Å². The second-order valence-corrected chi connectivity index (χ2v) is 6.27. The van der Waals surface area contributed by atoms with Gasteiger partial charge in [0.1, 0.15) is 17.6 Å². The van der Waals surface area contributed by atoms with Gasteiger partial charge in [0.15, 0.2) is 5.69 Å². The number of carbonyl (C=O) groups is 1. The first-order chi connectivity index (χ1) is 11.9. The fourth-order valence-electron chi connectivity index (χ4n) is 2.36. The molecule has 10 heteroatoms. The van der Waals surface area contributed by atoms with Gasteiger partial charge in [-0.25, -0.2) is 4.98 Å². The van der Waals surface area contributed by atoms with Crippen LogP contribution in [0.25, 0.3) is 0 Å². The number of rotatable bonds is 6. The van der Waals surface area contributed by atoms with Crippen LogP contribution in [0.5, 0.6) is 5.75 Å². The summed E-state index contributed by atoms with van der Waals surface area (Å²) in [6.07, 6.45) is -2.03. The van der Waals surface area contributed by atoms with E-state index >= 15 is 0 Å². The lowest BCUT2D eigenvalue weighted by atomic mass is 10.1. The van der Waals surface area contributed by atoms with Crippen LogP contribution in [-0.2, 0) is 0 Å². The molecule has 0 saturated heterocycles. The number of ether oxygens (including phenoxy) is 1. The molecule has 0 aromatic carbocycles. The predicted octanol–water partition coefficient (Wildman–Crippen LogP) is 3.36. The Hall–Kier alpha value is -2.36. The molecule has 2 aromatic rings. The Bertz CT molecular complexity index is 748. The molecule has 1 fully saturated rings. The van der Waals surface area contributed by atoms with Crippen LogP contribution < -0.4 is 15.4 Å². The first kappa shape index (κ1) is 17.5. The van der Waals surface area contributed by atoms with Crippen LogP contribution in [0.2, 0.25) is 0 Å². The molecule has 1 atom stereocenters. The third kappa shape index (κ3) is 4.19. The van der Waals surface area contributed by atoms with Crippen molar-refractivity contribution in [3.8, 4) is 5.75 Å². The van der Waals surface area contributed by atoms with Gasteiger partial charge in [-0.15, -0.1) is 0 Å². The van der Waals surface area contributed by atoms with Crippen molar-refractivity contribution in [3.05, 3.63) is 29.4 Å². The third-order valence-corrected chi connectivity index (χ3v) is 4.32. The summed E-state index contributed by atoms with van der Waals surface area (Å²) < 4.78 is 48.3. The minimum Gasteiger partial charge on any atom is -0.494 e. The average molecular weight is 372 g/mol. The minimum atomic E-state index is -4.50. The minimum absolute atomic E-state index is 0.100. The van der Waals surface area contributed by atoms with Crippen LogP contribution in [-0.4, -0.2) is 34.6 Å². The molecule has 6 nitrogen and oxygen atoms in total. The molecule has 134 valence electrons. The van der Waals surface area contributed by atoms with Crippen molar-refractivity contribution in [1.82, 2.24) is 14.7 Å². The monoisotopic (exact) mass is 372 g/mol. The topological polar surface area (TPSA) is 76.1 Å². The van der Waals surface area contributed by atoms with E-state index in [0.717, 1.165) is 0 Å². The van der Waals surface area contributed by atoms with Gasteiger partial charge in [0.05, 0.1) is 19.0 Å². The summed E-state index contributed by atoms with van der Waals surface area (Å²) in [4.78, 5) is 16.5. The molecule has 1 aliphatic rings. The molecule has 25 heavy (non-hydrogen) atoms. The number of nitrogens with one attached hydrogen (secondary N) is 2. The highest BCUT2D eigenvalue weighted by Crippen LogP contribution is 2.40. The summed E-state index contributed by atoms with van der Waals surface area (Å²) >= 11 is 1.23. The lowest BCUT2D eigenvalue weighted by molar-refractivity contribution is -0.158. The highest BCUT2D eigenvalue weighted by Gasteiger charge is 2.50. The summed E-state index contributed by atoms with van der Waals surface area (Å²) in [7, 11) is 1.33. The average Bonchev–Trinajstić information content (AvgIpc) is 3.27. The zero-order valence-corrected chi connectivity index (χ0v) is 13.9. The number of hydrogen-bond acceptors (Lipinski definition) is 6. The zero-order valence-electron chi connectivity index (χ0n) is 13.1. The molecule has 2 heterocycles. The number of nitrogens with zero attached hydrogens (tertiary/aromatic N) is 2. The van der Waals surface area contributed by atoms with E-state index in [-0.39, 0.29) is 11.4 Å². The number of hydrogen-bond donors (Lipinski definition) is 2. The largest absolute Gasteiger partial charge is 0.494 e. The highest BCUT2D eigenvalue weighted by atomic mass is 32.1. The number of pyridine rings is 1. The molecular formula is C15H15F3N4O2S. The molecule has 2 N–H and O–H groups in total. The Morgan fingerprint density at radius 2 is 2.16 bits per heavy atom. The molecule has 1 unspecified atom stereocenters. The quantitative estimate of drug-likeness (QED) is 0.813. The van der Waals surface area contributed by atoms with Gasteiger partial charge >= 0.3 is 6.18 Å². The number of aromatic nitrogens is 2. The lowest BCUT2D eigenvalue weighted by Crippen LogP contribution is -2.47. The van der Waals surface area contributed by atoms with Crippen LogP contribution in [0.3, 0.4) is 0 Å². The first-order valence-corrected chi connectivity index (χ1v) is 8.31. The van der Waals surface area contributed by atoms with Crippen LogP contribution in [0.4, 0.5) is 24.7 Å². The normalized spacial score (nSPS) is 15.5. The van der Waals surface area contributed by atoms with E-state index in [2.05, 4.69) is 20.0 Å². The molecule has 1 amide bonds. The van der Waals surface area contributed by atoms with E-state index in [1.807, 2.05) is 0 Å². The Kier molecular flexibility index (Phi) is 4.80. The first-order valence-electron chi connectivity index (χ1n) is 7.47. The van der Waals surface area contributed by atoms with Gasteiger partial charge in [-0.1, -0.05) is 0 Å². The van der Waals surface area contributed by atoms with Crippen molar-refractivity contribution in [3.63, 3.8) is 0 Å². The molecule has 1 aliphatic carbocycles. The maximum Gasteiger partial charge on any atom is 0.408 e. The number of methoxy groups -OCH3 is 1. The molecule has 3 rings (SSSR count). The van der Waals surface area contributed by atoms with E-state index in [9.17, 15) is 18.0 Å². The molecule has 2 aromatic heterocycles. The highest BCUT2D eigenvalue weighted by molar-refractivity contribution is 7.04. The molecule has 1 saturated carbocycles. The van der Waals surface area contributed by atoms with Crippen LogP contribution >= 0.6 is 11.5 Å². The maximum absolute atomic E-state index is 13.1. The Morgan fingerprint density at radius 3 is 2.72 bits per heavy atom. The third-order valence-electron chi connectivity index (χ3n) is 3.73. The van der Waals surface area contributed by atoms with Crippen molar-refractivity contribution in [2.45, 2.75) is 25.1 Å². The van der Waals surface area contributed by atoms with Crippen LogP contribution in [0.15, 0.2) is 23.7 Å². The van der Waals surface area contributed by atoms with E-state index in [4.69, 9.17) is 4.74 Å². The number of anilines is 2. The van der Waals surface area contributed by atoms with Gasteiger partial charge in [-0.2, -0.15) is 17.5 Å². The predicted molar refractivity (Wildman–Crippen MR) is 86.2 cm³/mol. The Labute approximate surface area is 145 Å². The van der Waals surface area contributed by atoms with Gasteiger partial charge in [-0.05, 0) is 42.4 Å². The van der Waals surface area contributed by atoms with Gasteiger partial charge in [0.25, 0.3) is 5.91 Å². The van der Waals surface area contributed by atoms with Crippen LogP contribution in [0.1, 0.15) is 23.3 Å². The summed E-state index contributed by atoms with van der Waals surface area (Å²) in [6, 6.07) is 1.17. The summed E-state index contributed by atoms with van der Waals surface area (Å²) in [5.41, 5.74) is 0.464. The van der Waals surface area contributed by atoms with Crippen molar-refractivity contribution in [1.29, 1.82) is 0 Å². The summed E-state index contributed by atoms with van der Waals surface area (Å²) in [5.74, 6) is -1.09. The van der Waals surface area contributed by atoms with E-state index < -0.39 is 24.0 Å². The number of carbonyl (C=O) groups excluding carboxylic acids is 1. The van der Waals surface area contributed by atoms with E-state index in [1.54, 1.807) is 17.6 Å². The van der Waals surface area contributed by atoms with Crippen molar-refractivity contribution >= 4 is 28.9 Å². The smallest absolute Gasteiger partial charge is 0.408 e. The molecule has 0 bridgehead atoms. The van der Waals surface area contributed by atoms with E-state index in [0.29, 0.717) is 24.3 Å². The van der Waals surface area contributed by atoms with Gasteiger partial charge in [0, 0.05) is 5.38 Å². The summed E-state index contributed by atoms with van der Waals surface area (Å²) in [5, 5.41) is 6.71. The van der Waals surface area contributed by atoms with Gasteiger partial charge < -0.3 is 15.4 Å². The molecule has 0 spiro atoms. The fraction of sp³-hybridized carbons (Fsp3) is 0.400. The number of halogens is 3. The summed E-state index contributed by atoms with van der Waals surface area (Å²) in [6.45, 7) is 0. The lowest BCUT2D eigenvalue weighted by Gasteiger charge is -2.21. The number of alkyl halides is 3. The van der Waals surface area contributed by atoms with Crippen molar-refractivity contribution < 1.29 is 22.7 Å². The van der Waals surface area contributed by atoms with Gasteiger partial charge in [0.2, 0.25) is 0 Å². The number of amides is 1. The van der Waals surface area contributed by atoms with Crippen LogP contribution in [0, 0.1) is 5.92 Å². The Morgan fingerprint density at radius 1 is 1.40 bits per heavy atom. The second-order valence-electron chi connectivity index (χ2n) is 5.62. The SMILES string of the molecule is COc1ccc(Nc2cnsc2)nc1C(=O)NC(C1CC1)C(F)(F)F. The van der Waals surface area contributed by atoms with E-state index in [1.165, 1.54) is 24.7 Å². The maximum atomic E-state index is 13.1. The standard InChI is InChI=1S/C15H15F3N4O2S/c1-24-10-4-5-11(20-9-6-19-25-7-9)21-12(10)14(23)22-13(8-2-3-8)15(16,17)18/h4-8,13H,2-3H2,1H3,(H,20,21)(H,22,23). The molecule has 0 radical (unpaired) electrons. The van der Waals surface area contributed by atoms with Gasteiger partial charge in [-0.3, -0.25) is 4.79 Å². The second kappa shape index (κ2) is 6.87. The Balaban J connectivity index is 1.82. The molecule has 0 aliphatic heterocycles. The fourth-order valence-corrected chi connectivity index (χ4v) is 2.83. The van der Waals surface area contributed by atoms with Crippen molar-refractivity contribution in [2.75, 3.05) is 12.4 Å². The molecular weight excluding hydrogens is 357 g/mol. The zero-order chi connectivity index (χ0) is 18.0.